The van der Waals surface area contributed by atoms with Crippen LogP contribution in [0.25, 0.3) is 22.2 Å². The monoisotopic (exact) mass is 414 g/mol. The molecule has 1 aliphatic rings. The van der Waals surface area contributed by atoms with E-state index in [1.54, 1.807) is 0 Å². The van der Waals surface area contributed by atoms with Crippen LogP contribution in [0, 0.1) is 17.3 Å². The van der Waals surface area contributed by atoms with Gasteiger partial charge in [-0.05, 0) is 48.6 Å². The maximum Gasteiger partial charge on any atom is 0.252 e. The van der Waals surface area contributed by atoms with Gasteiger partial charge in [0, 0.05) is 17.5 Å². The van der Waals surface area contributed by atoms with Gasteiger partial charge in [-0.15, -0.1) is 0 Å². The van der Waals surface area contributed by atoms with E-state index in [-0.39, 0.29) is 5.91 Å². The lowest BCUT2D eigenvalue weighted by molar-refractivity contribution is 0.0941. The summed E-state index contributed by atoms with van der Waals surface area (Å²) in [6, 6.07) is 19.9. The minimum atomic E-state index is 0.00703. The lowest BCUT2D eigenvalue weighted by atomic mass is 9.74. The standard InChI is InChI=1S/C28H34N2O/c1-28(2,3)18-20-13-15-21(16-14-20)19-29-27(31)24-17-26(22-9-5-4-6-10-22)30-25-12-8-7-11-23(24)25/h4-12,17,20-21H,13-16,18-19H2,1-3H3,(H,29,31). The van der Waals surface area contributed by atoms with Crippen molar-refractivity contribution in [2.45, 2.75) is 52.9 Å². The van der Waals surface area contributed by atoms with Crippen molar-refractivity contribution in [1.82, 2.24) is 10.3 Å². The number of carbonyl (C=O) groups is 1. The number of benzene rings is 2. The highest BCUT2D eigenvalue weighted by Gasteiger charge is 2.25. The number of rotatable bonds is 5. The summed E-state index contributed by atoms with van der Waals surface area (Å²) in [6.07, 6.45) is 6.31. The molecular formula is C28H34N2O. The summed E-state index contributed by atoms with van der Waals surface area (Å²) >= 11 is 0. The van der Waals surface area contributed by atoms with Gasteiger partial charge in [0.25, 0.3) is 5.91 Å². The van der Waals surface area contributed by atoms with Gasteiger partial charge >= 0.3 is 0 Å². The Hall–Kier alpha value is -2.68. The van der Waals surface area contributed by atoms with E-state index in [0.717, 1.165) is 34.6 Å². The number of nitrogens with one attached hydrogen (secondary N) is 1. The van der Waals surface area contributed by atoms with Gasteiger partial charge in [-0.1, -0.05) is 82.1 Å². The van der Waals surface area contributed by atoms with Crippen LogP contribution < -0.4 is 5.32 Å². The molecule has 162 valence electrons. The Labute approximate surface area is 186 Å². The second-order valence-electron chi connectivity index (χ2n) is 10.3. The zero-order valence-corrected chi connectivity index (χ0v) is 19.0. The molecule has 3 aromatic rings. The molecule has 3 heteroatoms. The van der Waals surface area contributed by atoms with Crippen molar-refractivity contribution in [3.05, 3.63) is 66.2 Å². The predicted molar refractivity (Wildman–Crippen MR) is 129 cm³/mol. The maximum atomic E-state index is 13.2. The lowest BCUT2D eigenvalue weighted by Crippen LogP contribution is -2.32. The predicted octanol–water partition coefficient (Wildman–Crippen LogP) is 6.87. The molecule has 31 heavy (non-hydrogen) atoms. The number of nitrogens with zero attached hydrogens (tertiary/aromatic N) is 1. The van der Waals surface area contributed by atoms with Crippen LogP contribution in [-0.2, 0) is 0 Å². The van der Waals surface area contributed by atoms with Crippen LogP contribution in [0.4, 0.5) is 0 Å². The SMILES string of the molecule is CC(C)(C)CC1CCC(CNC(=O)c2cc(-c3ccccc3)nc3ccccc23)CC1. The number of pyridine rings is 1. The van der Waals surface area contributed by atoms with Gasteiger partial charge in [0.1, 0.15) is 0 Å². The van der Waals surface area contributed by atoms with Crippen molar-refractivity contribution in [3.8, 4) is 11.3 Å². The molecule has 0 aliphatic heterocycles. The summed E-state index contributed by atoms with van der Waals surface area (Å²) < 4.78 is 0. The molecule has 1 heterocycles. The van der Waals surface area contributed by atoms with Crippen molar-refractivity contribution in [1.29, 1.82) is 0 Å². The van der Waals surface area contributed by atoms with E-state index >= 15 is 0 Å². The first kappa shape index (κ1) is 21.5. The van der Waals surface area contributed by atoms with E-state index in [0.29, 0.717) is 16.9 Å². The summed E-state index contributed by atoms with van der Waals surface area (Å²) in [6.45, 7) is 7.77. The van der Waals surface area contributed by atoms with Gasteiger partial charge < -0.3 is 5.32 Å². The molecule has 0 saturated heterocycles. The van der Waals surface area contributed by atoms with E-state index in [1.165, 1.54) is 32.1 Å². The third kappa shape index (κ3) is 5.52. The Kier molecular flexibility index (Phi) is 6.41. The lowest BCUT2D eigenvalue weighted by Gasteiger charge is -2.32. The highest BCUT2D eigenvalue weighted by atomic mass is 16.1. The van der Waals surface area contributed by atoms with Gasteiger partial charge in [-0.25, -0.2) is 4.98 Å². The summed E-state index contributed by atoms with van der Waals surface area (Å²) in [5, 5.41) is 4.15. The topological polar surface area (TPSA) is 42.0 Å². The molecule has 2 aromatic carbocycles. The van der Waals surface area contributed by atoms with Gasteiger partial charge in [-0.3, -0.25) is 4.79 Å². The molecule has 0 radical (unpaired) electrons. The smallest absolute Gasteiger partial charge is 0.252 e. The van der Waals surface area contributed by atoms with Crippen molar-refractivity contribution in [3.63, 3.8) is 0 Å². The average molecular weight is 415 g/mol. The highest BCUT2D eigenvalue weighted by Crippen LogP contribution is 2.36. The largest absolute Gasteiger partial charge is 0.352 e. The highest BCUT2D eigenvalue weighted by molar-refractivity contribution is 6.07. The summed E-state index contributed by atoms with van der Waals surface area (Å²) in [5.74, 6) is 1.43. The number of aromatic nitrogens is 1. The van der Waals surface area contributed by atoms with Gasteiger partial charge in [-0.2, -0.15) is 0 Å². The van der Waals surface area contributed by atoms with Crippen LogP contribution in [0.15, 0.2) is 60.7 Å². The first-order chi connectivity index (χ1) is 14.9. The Morgan fingerprint density at radius 1 is 0.935 bits per heavy atom. The molecule has 4 rings (SSSR count). The number of amides is 1. The summed E-state index contributed by atoms with van der Waals surface area (Å²) in [7, 11) is 0. The number of carbonyl (C=O) groups excluding carboxylic acids is 1. The Balaban J connectivity index is 1.46. The quantitative estimate of drug-likeness (QED) is 0.495. The fraction of sp³-hybridized carbons (Fsp3) is 0.429. The Morgan fingerprint density at radius 2 is 1.58 bits per heavy atom. The van der Waals surface area contributed by atoms with Crippen LogP contribution >= 0.6 is 0 Å². The minimum absolute atomic E-state index is 0.00703. The number of hydrogen-bond acceptors (Lipinski definition) is 2. The van der Waals surface area contributed by atoms with Crippen molar-refractivity contribution in [2.24, 2.45) is 17.3 Å². The minimum Gasteiger partial charge on any atom is -0.352 e. The Bertz CT molecular complexity index is 1030. The average Bonchev–Trinajstić information content (AvgIpc) is 2.77. The molecule has 0 unspecified atom stereocenters. The summed E-state index contributed by atoms with van der Waals surface area (Å²) in [4.78, 5) is 18.0. The van der Waals surface area contributed by atoms with Gasteiger partial charge in [0.05, 0.1) is 16.8 Å². The van der Waals surface area contributed by atoms with E-state index in [1.807, 2.05) is 60.7 Å². The molecule has 0 atom stereocenters. The molecule has 1 aliphatic carbocycles. The fourth-order valence-electron chi connectivity index (χ4n) is 4.96. The number of hydrogen-bond donors (Lipinski definition) is 1. The second-order valence-corrected chi connectivity index (χ2v) is 10.3. The van der Waals surface area contributed by atoms with E-state index < -0.39 is 0 Å². The van der Waals surface area contributed by atoms with Gasteiger partial charge in [0.15, 0.2) is 0 Å². The molecular weight excluding hydrogens is 380 g/mol. The normalized spacial score (nSPS) is 19.3. The van der Waals surface area contributed by atoms with Crippen molar-refractivity contribution >= 4 is 16.8 Å². The van der Waals surface area contributed by atoms with Crippen LogP contribution in [0.2, 0.25) is 0 Å². The Morgan fingerprint density at radius 3 is 2.29 bits per heavy atom. The molecule has 1 saturated carbocycles. The second kappa shape index (κ2) is 9.21. The molecule has 1 amide bonds. The van der Waals surface area contributed by atoms with E-state index in [9.17, 15) is 4.79 Å². The van der Waals surface area contributed by atoms with Crippen molar-refractivity contribution in [2.75, 3.05) is 6.54 Å². The number of para-hydroxylation sites is 1. The zero-order valence-electron chi connectivity index (χ0n) is 19.0. The molecule has 1 N–H and O–H groups in total. The van der Waals surface area contributed by atoms with Crippen LogP contribution in [0.3, 0.4) is 0 Å². The first-order valence-corrected chi connectivity index (χ1v) is 11.6. The molecule has 1 fully saturated rings. The van der Waals surface area contributed by atoms with Gasteiger partial charge in [0.2, 0.25) is 0 Å². The number of fused-ring (bicyclic) bond motifs is 1. The van der Waals surface area contributed by atoms with Crippen LogP contribution in [-0.4, -0.2) is 17.4 Å². The van der Waals surface area contributed by atoms with Crippen molar-refractivity contribution < 1.29 is 4.79 Å². The third-order valence-corrected chi connectivity index (χ3v) is 6.45. The van der Waals surface area contributed by atoms with Crippen LogP contribution in [0.1, 0.15) is 63.2 Å². The summed E-state index contributed by atoms with van der Waals surface area (Å²) in [5.41, 5.74) is 3.85. The third-order valence-electron chi connectivity index (χ3n) is 6.45. The van der Waals surface area contributed by atoms with E-state index in [4.69, 9.17) is 4.98 Å². The molecule has 1 aromatic heterocycles. The molecule has 3 nitrogen and oxygen atoms in total. The zero-order chi connectivity index (χ0) is 21.8. The van der Waals surface area contributed by atoms with Crippen LogP contribution in [0.5, 0.6) is 0 Å². The molecule has 0 spiro atoms. The van der Waals surface area contributed by atoms with E-state index in [2.05, 4.69) is 26.1 Å². The molecule has 0 bridgehead atoms. The maximum absolute atomic E-state index is 13.2. The first-order valence-electron chi connectivity index (χ1n) is 11.6. The fourth-order valence-corrected chi connectivity index (χ4v) is 4.96.